The number of aromatic nitrogens is 1. The fourth-order valence-electron chi connectivity index (χ4n) is 0.924. The van der Waals surface area contributed by atoms with Crippen molar-refractivity contribution in [3.63, 3.8) is 0 Å². The fraction of sp³-hybridized carbons (Fsp3) is 0.200. The van der Waals surface area contributed by atoms with Gasteiger partial charge < -0.3 is 5.32 Å². The van der Waals surface area contributed by atoms with Crippen molar-refractivity contribution in [1.29, 1.82) is 5.26 Å². The number of pyridine rings is 1. The minimum Gasteiger partial charge on any atom is -0.380 e. The molecule has 0 bridgehead atoms. The van der Waals surface area contributed by atoms with Gasteiger partial charge >= 0.3 is 0 Å². The van der Waals surface area contributed by atoms with Crippen LogP contribution in [0.5, 0.6) is 0 Å². The molecule has 1 aromatic rings. The van der Waals surface area contributed by atoms with Crippen molar-refractivity contribution in [2.24, 2.45) is 0 Å². The van der Waals surface area contributed by atoms with E-state index in [1.54, 1.807) is 18.5 Å². The summed E-state index contributed by atoms with van der Waals surface area (Å²) in [4.78, 5) is 3.86. The molecule has 1 aromatic heterocycles. The summed E-state index contributed by atoms with van der Waals surface area (Å²) >= 11 is 0. The Hall–Kier alpha value is -1.82. The first-order valence-corrected chi connectivity index (χ1v) is 4.07. The van der Waals surface area contributed by atoms with Crippen LogP contribution in [0.1, 0.15) is 12.5 Å². The van der Waals surface area contributed by atoms with E-state index in [0.29, 0.717) is 5.56 Å². The summed E-state index contributed by atoms with van der Waals surface area (Å²) in [5.41, 5.74) is 1.41. The Morgan fingerprint density at radius 2 is 2.54 bits per heavy atom. The summed E-state index contributed by atoms with van der Waals surface area (Å²) in [7, 11) is 0. The molecule has 0 unspecified atom stereocenters. The lowest BCUT2D eigenvalue weighted by molar-refractivity contribution is 1.25. The summed E-state index contributed by atoms with van der Waals surface area (Å²) in [5, 5.41) is 11.8. The van der Waals surface area contributed by atoms with Crippen LogP contribution in [0.4, 0.5) is 5.69 Å². The largest absolute Gasteiger partial charge is 0.380 e. The lowest BCUT2D eigenvalue weighted by Crippen LogP contribution is -2.00. The summed E-state index contributed by atoms with van der Waals surface area (Å²) in [6, 6.07) is 3.87. The van der Waals surface area contributed by atoms with Gasteiger partial charge in [-0.05, 0) is 13.0 Å². The monoisotopic (exact) mass is 173 g/mol. The average Bonchev–Trinajstić information content (AvgIpc) is 2.19. The topological polar surface area (TPSA) is 48.7 Å². The zero-order valence-corrected chi connectivity index (χ0v) is 7.49. The van der Waals surface area contributed by atoms with Gasteiger partial charge in [0, 0.05) is 18.9 Å². The first-order valence-electron chi connectivity index (χ1n) is 4.07. The van der Waals surface area contributed by atoms with Gasteiger partial charge in [0.1, 0.15) is 6.07 Å². The summed E-state index contributed by atoms with van der Waals surface area (Å²) < 4.78 is 0. The molecule has 1 N–H and O–H groups in total. The number of allylic oxidation sites excluding steroid dienone is 1. The average molecular weight is 173 g/mol. The highest BCUT2D eigenvalue weighted by Crippen LogP contribution is 2.10. The van der Waals surface area contributed by atoms with Crippen LogP contribution in [0.25, 0.3) is 0 Å². The van der Waals surface area contributed by atoms with E-state index in [2.05, 4.69) is 16.4 Å². The molecule has 0 aliphatic heterocycles. The molecule has 0 radical (unpaired) electrons. The summed E-state index contributed by atoms with van der Waals surface area (Å²) in [6.07, 6.45) is 7.17. The Morgan fingerprint density at radius 1 is 1.69 bits per heavy atom. The van der Waals surface area contributed by atoms with Crippen LogP contribution in [0, 0.1) is 11.3 Å². The van der Waals surface area contributed by atoms with Crippen molar-refractivity contribution in [3.05, 3.63) is 36.2 Å². The van der Waals surface area contributed by atoms with Crippen LogP contribution in [0.15, 0.2) is 30.6 Å². The van der Waals surface area contributed by atoms with Gasteiger partial charge in [0.15, 0.2) is 0 Å². The molecule has 0 atom stereocenters. The zero-order valence-electron chi connectivity index (χ0n) is 7.49. The van der Waals surface area contributed by atoms with Crippen molar-refractivity contribution >= 4 is 5.69 Å². The van der Waals surface area contributed by atoms with Crippen LogP contribution >= 0.6 is 0 Å². The molecule has 0 saturated heterocycles. The fourth-order valence-corrected chi connectivity index (χ4v) is 0.924. The van der Waals surface area contributed by atoms with Crippen LogP contribution in [0.3, 0.4) is 0 Å². The predicted octanol–water partition coefficient (Wildman–Crippen LogP) is 1.94. The smallest absolute Gasteiger partial charge is 0.103 e. The van der Waals surface area contributed by atoms with Crippen molar-refractivity contribution < 1.29 is 0 Å². The molecule has 0 aliphatic carbocycles. The number of rotatable bonds is 3. The maximum absolute atomic E-state index is 8.73. The highest BCUT2D eigenvalue weighted by Gasteiger charge is 1.97. The van der Waals surface area contributed by atoms with E-state index in [4.69, 9.17) is 5.26 Å². The van der Waals surface area contributed by atoms with Gasteiger partial charge in [0.05, 0.1) is 11.3 Å². The number of nitriles is 1. The van der Waals surface area contributed by atoms with E-state index in [1.807, 2.05) is 19.1 Å². The maximum atomic E-state index is 8.73. The molecule has 0 amide bonds. The zero-order chi connectivity index (χ0) is 9.52. The molecule has 0 fully saturated rings. The van der Waals surface area contributed by atoms with Gasteiger partial charge in [-0.3, -0.25) is 4.98 Å². The van der Waals surface area contributed by atoms with Gasteiger partial charge in [-0.2, -0.15) is 5.26 Å². The van der Waals surface area contributed by atoms with E-state index in [9.17, 15) is 0 Å². The van der Waals surface area contributed by atoms with Gasteiger partial charge in [0.25, 0.3) is 0 Å². The van der Waals surface area contributed by atoms with Crippen LogP contribution in [0.2, 0.25) is 0 Å². The van der Waals surface area contributed by atoms with E-state index in [1.165, 1.54) is 0 Å². The summed E-state index contributed by atoms with van der Waals surface area (Å²) in [5.74, 6) is 0. The van der Waals surface area contributed by atoms with Gasteiger partial charge in [0.2, 0.25) is 0 Å². The van der Waals surface area contributed by atoms with E-state index >= 15 is 0 Å². The van der Waals surface area contributed by atoms with E-state index in [0.717, 1.165) is 12.2 Å². The lowest BCUT2D eigenvalue weighted by Gasteiger charge is -2.03. The quantitative estimate of drug-likeness (QED) is 0.710. The molecule has 13 heavy (non-hydrogen) atoms. The highest BCUT2D eigenvalue weighted by atomic mass is 14.9. The highest BCUT2D eigenvalue weighted by molar-refractivity contribution is 5.55. The van der Waals surface area contributed by atoms with E-state index < -0.39 is 0 Å². The Morgan fingerprint density at radius 3 is 3.23 bits per heavy atom. The molecule has 0 saturated carbocycles. The Kier molecular flexibility index (Phi) is 3.52. The molecule has 0 spiro atoms. The molecule has 0 aliphatic rings. The van der Waals surface area contributed by atoms with Crippen molar-refractivity contribution in [2.45, 2.75) is 6.92 Å². The molecule has 1 rings (SSSR count). The number of anilines is 1. The lowest BCUT2D eigenvalue weighted by atomic mass is 10.2. The maximum Gasteiger partial charge on any atom is 0.103 e. The predicted molar refractivity (Wildman–Crippen MR) is 52.3 cm³/mol. The standard InChI is InChI=1S/C10H11N3/c1-2-3-5-13-10-4-6-12-8-9(10)7-11/h2-4,6,8H,5H2,1H3,(H,12,13)/b3-2+. The third-order valence-corrected chi connectivity index (χ3v) is 1.59. The molecule has 0 aromatic carbocycles. The summed E-state index contributed by atoms with van der Waals surface area (Å²) in [6.45, 7) is 2.69. The molecular weight excluding hydrogens is 162 g/mol. The molecular formula is C10H11N3. The molecule has 3 heteroatoms. The van der Waals surface area contributed by atoms with Gasteiger partial charge in [-0.1, -0.05) is 12.2 Å². The second kappa shape index (κ2) is 4.94. The molecule has 66 valence electrons. The first-order chi connectivity index (χ1) is 6.38. The molecule has 3 nitrogen and oxygen atoms in total. The number of nitrogens with zero attached hydrogens (tertiary/aromatic N) is 2. The third-order valence-electron chi connectivity index (χ3n) is 1.59. The number of nitrogens with one attached hydrogen (secondary N) is 1. The molecule has 1 heterocycles. The van der Waals surface area contributed by atoms with E-state index in [-0.39, 0.29) is 0 Å². The van der Waals surface area contributed by atoms with Gasteiger partial charge in [-0.15, -0.1) is 0 Å². The van der Waals surface area contributed by atoms with Crippen molar-refractivity contribution in [2.75, 3.05) is 11.9 Å². The second-order valence-corrected chi connectivity index (χ2v) is 2.48. The Bertz CT molecular complexity index is 336. The van der Waals surface area contributed by atoms with Crippen molar-refractivity contribution in [3.8, 4) is 6.07 Å². The minimum absolute atomic E-state index is 0.576. The SMILES string of the molecule is C/C=C/CNc1ccncc1C#N. The van der Waals surface area contributed by atoms with Crippen LogP contribution in [-0.2, 0) is 0 Å². The first kappa shape index (κ1) is 9.27. The van der Waals surface area contributed by atoms with Crippen LogP contribution < -0.4 is 5.32 Å². The number of hydrogen-bond acceptors (Lipinski definition) is 3. The third kappa shape index (κ3) is 2.60. The Balaban J connectivity index is 2.71. The normalized spacial score (nSPS) is 9.85. The van der Waals surface area contributed by atoms with Crippen LogP contribution in [-0.4, -0.2) is 11.5 Å². The minimum atomic E-state index is 0.576. The van der Waals surface area contributed by atoms with Crippen molar-refractivity contribution in [1.82, 2.24) is 4.98 Å². The van der Waals surface area contributed by atoms with Gasteiger partial charge in [-0.25, -0.2) is 0 Å². The number of hydrogen-bond donors (Lipinski definition) is 1. The Labute approximate surface area is 77.7 Å². The second-order valence-electron chi connectivity index (χ2n) is 2.48.